The molecule has 10 heteroatoms. The molecule has 2 aromatic carbocycles. The van der Waals surface area contributed by atoms with Crippen molar-refractivity contribution in [3.63, 3.8) is 0 Å². The molecular weight excluding hydrogens is 524 g/mol. The summed E-state index contributed by atoms with van der Waals surface area (Å²) in [6.07, 6.45) is -5.21. The van der Waals surface area contributed by atoms with Crippen molar-refractivity contribution in [3.05, 3.63) is 41.5 Å². The molecule has 2 N–H and O–H groups in total. The lowest BCUT2D eigenvalue weighted by atomic mass is 9.53. The van der Waals surface area contributed by atoms with E-state index in [0.29, 0.717) is 31.2 Å². The van der Waals surface area contributed by atoms with Gasteiger partial charge in [0.25, 0.3) is 0 Å². The molecule has 0 atom stereocenters. The molecule has 4 nitrogen and oxygen atoms in total. The van der Waals surface area contributed by atoms with Crippen molar-refractivity contribution in [2.45, 2.75) is 89.2 Å². The predicted molar refractivity (Wildman–Crippen MR) is 133 cm³/mol. The number of aliphatic carboxylic acids is 1. The molecule has 4 aliphatic rings. The summed E-state index contributed by atoms with van der Waals surface area (Å²) in [6, 6.07) is 7.64. The summed E-state index contributed by atoms with van der Waals surface area (Å²) in [5, 5.41) is 13.4. The first kappa shape index (κ1) is 28.1. The van der Waals surface area contributed by atoms with Gasteiger partial charge in [-0.25, -0.2) is 0 Å². The van der Waals surface area contributed by atoms with E-state index in [1.54, 1.807) is 18.2 Å². The molecule has 4 saturated carbocycles. The molecule has 0 heterocycles. The van der Waals surface area contributed by atoms with Crippen LogP contribution in [0.3, 0.4) is 0 Å². The Bertz CT molecular complexity index is 1190. The predicted octanol–water partition coefficient (Wildman–Crippen LogP) is 7.87. The van der Waals surface area contributed by atoms with Gasteiger partial charge in [0, 0.05) is 13.1 Å². The molecule has 0 amide bonds. The first-order valence-electron chi connectivity index (χ1n) is 13.6. The maximum atomic E-state index is 14.1. The number of hydrogen-bond donors (Lipinski definition) is 2. The highest BCUT2D eigenvalue weighted by Crippen LogP contribution is 2.56. The molecule has 0 radical (unpaired) electrons. The third kappa shape index (κ3) is 5.72. The third-order valence-electron chi connectivity index (χ3n) is 9.44. The Morgan fingerprint density at radius 1 is 0.923 bits per heavy atom. The second kappa shape index (κ2) is 10.2. The van der Waals surface area contributed by atoms with Crippen LogP contribution in [0.25, 0.3) is 10.8 Å². The van der Waals surface area contributed by atoms with Gasteiger partial charge in [-0.1, -0.05) is 18.2 Å². The van der Waals surface area contributed by atoms with Crippen LogP contribution in [0.15, 0.2) is 30.3 Å². The van der Waals surface area contributed by atoms with Crippen molar-refractivity contribution in [1.29, 1.82) is 0 Å². The number of alkyl halides is 6. The van der Waals surface area contributed by atoms with Gasteiger partial charge in [0.2, 0.25) is 0 Å². The zero-order valence-electron chi connectivity index (χ0n) is 21.6. The lowest BCUT2D eigenvalue weighted by Gasteiger charge is -2.51. The molecule has 0 spiro atoms. The lowest BCUT2D eigenvalue weighted by molar-refractivity contribution is -0.185. The van der Waals surface area contributed by atoms with E-state index in [4.69, 9.17) is 4.74 Å². The van der Waals surface area contributed by atoms with Crippen LogP contribution in [0.4, 0.5) is 26.3 Å². The molecule has 39 heavy (non-hydrogen) atoms. The molecule has 0 aromatic heterocycles. The summed E-state index contributed by atoms with van der Waals surface area (Å²) in [6.45, 7) is 1.21. The minimum Gasteiger partial charge on any atom is -0.490 e. The van der Waals surface area contributed by atoms with E-state index >= 15 is 0 Å². The number of carboxylic acid groups (broad SMARTS) is 1. The Hall–Kier alpha value is -2.49. The highest BCUT2D eigenvalue weighted by Gasteiger charge is 2.52. The van der Waals surface area contributed by atoms with Crippen molar-refractivity contribution in [1.82, 2.24) is 5.32 Å². The molecule has 4 aliphatic carbocycles. The largest absolute Gasteiger partial charge is 0.490 e. The minimum absolute atomic E-state index is 0.00380. The van der Waals surface area contributed by atoms with E-state index in [0.717, 1.165) is 31.4 Å². The fourth-order valence-corrected chi connectivity index (χ4v) is 6.87. The smallest absolute Gasteiger partial charge is 0.420 e. The molecular formula is C29H33F6NO3. The summed E-state index contributed by atoms with van der Waals surface area (Å²) in [5.74, 6) is -2.47. The van der Waals surface area contributed by atoms with Crippen molar-refractivity contribution in [2.24, 2.45) is 16.7 Å². The number of ether oxygens (including phenoxy) is 1. The number of carboxylic acids is 1. The van der Waals surface area contributed by atoms with Gasteiger partial charge in [-0.05, 0) is 98.1 Å². The topological polar surface area (TPSA) is 58.6 Å². The first-order valence-corrected chi connectivity index (χ1v) is 13.6. The second-order valence-electron chi connectivity index (χ2n) is 11.8. The molecule has 6 rings (SSSR count). The minimum atomic E-state index is -4.69. The van der Waals surface area contributed by atoms with Gasteiger partial charge in [0.05, 0.1) is 17.4 Å². The number of nitrogens with one attached hydrogen (secondary N) is 1. The maximum absolute atomic E-state index is 14.1. The van der Waals surface area contributed by atoms with Crippen LogP contribution < -0.4 is 10.1 Å². The molecule has 214 valence electrons. The SMILES string of the molecule is O=C(O)C12CCC(CNCc3ccc4c(C(F)(F)F)c(OC5CCC(C(F)(F)F)CC5)ccc4c3)(CC1)CC2. The van der Waals surface area contributed by atoms with Crippen molar-refractivity contribution < 1.29 is 41.0 Å². The van der Waals surface area contributed by atoms with Gasteiger partial charge in [-0.15, -0.1) is 0 Å². The van der Waals surface area contributed by atoms with Crippen molar-refractivity contribution >= 4 is 16.7 Å². The summed E-state index contributed by atoms with van der Waals surface area (Å²) < 4.78 is 87.0. The lowest BCUT2D eigenvalue weighted by Crippen LogP contribution is -2.49. The second-order valence-corrected chi connectivity index (χ2v) is 11.8. The Kier molecular flexibility index (Phi) is 7.31. The van der Waals surface area contributed by atoms with E-state index in [2.05, 4.69) is 5.32 Å². The van der Waals surface area contributed by atoms with Crippen LogP contribution in [-0.4, -0.2) is 29.9 Å². The summed E-state index contributed by atoms with van der Waals surface area (Å²) in [5.41, 5.74) is -0.565. The van der Waals surface area contributed by atoms with E-state index in [1.165, 1.54) is 12.1 Å². The average Bonchev–Trinajstić information content (AvgIpc) is 2.88. The van der Waals surface area contributed by atoms with E-state index in [1.807, 2.05) is 0 Å². The van der Waals surface area contributed by atoms with Gasteiger partial charge >= 0.3 is 18.3 Å². The average molecular weight is 558 g/mol. The van der Waals surface area contributed by atoms with E-state index < -0.39 is 41.3 Å². The Balaban J connectivity index is 1.26. The summed E-state index contributed by atoms with van der Waals surface area (Å²) >= 11 is 0. The van der Waals surface area contributed by atoms with Gasteiger partial charge in [0.1, 0.15) is 11.3 Å². The molecule has 2 bridgehead atoms. The van der Waals surface area contributed by atoms with Crippen LogP contribution >= 0.6 is 0 Å². The zero-order valence-corrected chi connectivity index (χ0v) is 21.6. The van der Waals surface area contributed by atoms with Gasteiger partial charge in [-0.2, -0.15) is 26.3 Å². The summed E-state index contributed by atoms with van der Waals surface area (Å²) in [4.78, 5) is 11.7. The molecule has 4 fully saturated rings. The van der Waals surface area contributed by atoms with Gasteiger partial charge < -0.3 is 15.2 Å². The Labute approximate surface area is 223 Å². The van der Waals surface area contributed by atoms with Crippen molar-refractivity contribution in [2.75, 3.05) is 6.54 Å². The van der Waals surface area contributed by atoms with Gasteiger partial charge in [-0.3, -0.25) is 4.79 Å². The maximum Gasteiger partial charge on any atom is 0.420 e. The number of halogens is 6. The Morgan fingerprint density at radius 2 is 1.56 bits per heavy atom. The van der Waals surface area contributed by atoms with Crippen molar-refractivity contribution in [3.8, 4) is 5.75 Å². The fourth-order valence-electron chi connectivity index (χ4n) is 6.87. The highest BCUT2D eigenvalue weighted by molar-refractivity contribution is 5.89. The molecule has 2 aromatic rings. The standard InChI is InChI=1S/C29H33F6NO3/c30-28(31,32)20-3-5-21(6-4-20)39-23-8-2-19-15-18(1-7-22(19)24(23)29(33,34)35)16-36-17-26-9-12-27(13-10-26,14-11-26)25(37)38/h1-2,7-8,15,20-21,36H,3-6,9-14,16-17H2,(H,37,38). The fraction of sp³-hybridized carbons (Fsp3) is 0.621. The number of hydrogen-bond acceptors (Lipinski definition) is 3. The molecule has 0 saturated heterocycles. The number of rotatable bonds is 7. The van der Waals surface area contributed by atoms with Gasteiger partial charge in [0.15, 0.2) is 0 Å². The van der Waals surface area contributed by atoms with Crippen LogP contribution in [-0.2, 0) is 17.5 Å². The Morgan fingerprint density at radius 3 is 2.13 bits per heavy atom. The number of fused-ring (bicyclic) bond motifs is 4. The third-order valence-corrected chi connectivity index (χ3v) is 9.44. The van der Waals surface area contributed by atoms with Crippen LogP contribution in [0.1, 0.15) is 75.3 Å². The van der Waals surface area contributed by atoms with E-state index in [9.17, 15) is 36.2 Å². The summed E-state index contributed by atoms with van der Waals surface area (Å²) in [7, 11) is 0. The van der Waals surface area contributed by atoms with Crippen LogP contribution in [0.5, 0.6) is 5.75 Å². The monoisotopic (exact) mass is 557 g/mol. The quantitative estimate of drug-likeness (QED) is 0.340. The highest BCUT2D eigenvalue weighted by atomic mass is 19.4. The zero-order chi connectivity index (χ0) is 28.1. The normalized spacial score (nSPS) is 29.5. The first-order chi connectivity index (χ1) is 18.3. The van der Waals surface area contributed by atoms with Crippen LogP contribution in [0, 0.1) is 16.7 Å². The number of benzene rings is 2. The molecule has 0 aliphatic heterocycles. The van der Waals surface area contributed by atoms with E-state index in [-0.39, 0.29) is 42.2 Å². The number of carbonyl (C=O) groups is 1. The molecule has 0 unspecified atom stereocenters. The van der Waals surface area contributed by atoms with Crippen LogP contribution in [0.2, 0.25) is 0 Å².